The molecule has 0 radical (unpaired) electrons. The number of nitrogen functional groups attached to an aromatic ring is 1. The van der Waals surface area contributed by atoms with Crippen molar-refractivity contribution in [3.63, 3.8) is 0 Å². The molecule has 3 heterocycles. The van der Waals surface area contributed by atoms with Crippen LogP contribution in [0.15, 0.2) is 29.0 Å². The molecule has 3 aromatic heterocycles. The van der Waals surface area contributed by atoms with Crippen molar-refractivity contribution in [3.8, 4) is 0 Å². The van der Waals surface area contributed by atoms with Gasteiger partial charge in [0, 0.05) is 11.5 Å². The minimum Gasteiger partial charge on any atom is -0.397 e. The smallest absolute Gasteiger partial charge is 0.263 e. The van der Waals surface area contributed by atoms with Gasteiger partial charge in [-0.05, 0) is 6.07 Å². The Labute approximate surface area is 111 Å². The monoisotopic (exact) mass is 275 g/mol. The Hall–Kier alpha value is -2.48. The molecule has 0 saturated carbocycles. The molecule has 3 N–H and O–H groups in total. The van der Waals surface area contributed by atoms with Crippen LogP contribution in [0.4, 0.5) is 5.69 Å². The highest BCUT2D eigenvalue weighted by molar-refractivity contribution is 7.21. The van der Waals surface area contributed by atoms with Crippen molar-refractivity contribution in [2.24, 2.45) is 0 Å². The van der Waals surface area contributed by atoms with Crippen LogP contribution in [0.1, 0.15) is 15.4 Å². The maximum atomic E-state index is 12.0. The lowest BCUT2D eigenvalue weighted by Crippen LogP contribution is -2.22. The quantitative estimate of drug-likeness (QED) is 0.743. The van der Waals surface area contributed by atoms with Crippen LogP contribution in [0.3, 0.4) is 0 Å². The van der Waals surface area contributed by atoms with E-state index in [4.69, 9.17) is 10.3 Å². The van der Waals surface area contributed by atoms with Gasteiger partial charge in [0.25, 0.3) is 5.91 Å². The van der Waals surface area contributed by atoms with E-state index in [1.165, 1.54) is 17.5 Å². The molecule has 0 spiro atoms. The Morgan fingerprint density at radius 3 is 3.05 bits per heavy atom. The second-order valence-corrected chi connectivity index (χ2v) is 4.76. The van der Waals surface area contributed by atoms with E-state index < -0.39 is 0 Å². The second-order valence-electron chi connectivity index (χ2n) is 3.76. The molecule has 0 unspecified atom stereocenters. The van der Waals surface area contributed by atoms with Crippen molar-refractivity contribution in [3.05, 3.63) is 35.2 Å². The summed E-state index contributed by atoms with van der Waals surface area (Å²) >= 11 is 1.21. The number of nitrogens with zero attached hydrogens (tertiary/aromatic N) is 3. The number of hydrogen-bond donors (Lipinski definition) is 2. The molecule has 0 aliphatic carbocycles. The van der Waals surface area contributed by atoms with Crippen LogP contribution in [0.25, 0.3) is 10.2 Å². The summed E-state index contributed by atoms with van der Waals surface area (Å²) in [6.07, 6.45) is 3.06. The Balaban J connectivity index is 1.83. The molecule has 0 saturated heterocycles. The van der Waals surface area contributed by atoms with E-state index in [1.807, 2.05) is 0 Å². The highest BCUT2D eigenvalue weighted by atomic mass is 32.1. The van der Waals surface area contributed by atoms with Gasteiger partial charge in [-0.15, -0.1) is 16.4 Å². The second kappa shape index (κ2) is 4.65. The van der Waals surface area contributed by atoms with E-state index in [-0.39, 0.29) is 12.5 Å². The fourth-order valence-corrected chi connectivity index (χ4v) is 2.58. The molecule has 0 atom stereocenters. The third-order valence-electron chi connectivity index (χ3n) is 2.54. The molecule has 0 fully saturated rings. The predicted octanol–water partition coefficient (Wildman–Crippen LogP) is 1.19. The maximum Gasteiger partial charge on any atom is 0.263 e. The van der Waals surface area contributed by atoms with Crippen molar-refractivity contribution in [2.45, 2.75) is 6.54 Å². The highest BCUT2D eigenvalue weighted by Gasteiger charge is 2.17. The summed E-state index contributed by atoms with van der Waals surface area (Å²) in [6.45, 7) is 0.262. The fraction of sp³-hybridized carbons (Fsp3) is 0.0909. The number of aromatic nitrogens is 3. The van der Waals surface area contributed by atoms with Crippen LogP contribution in [-0.4, -0.2) is 21.3 Å². The molecule has 96 valence electrons. The van der Waals surface area contributed by atoms with Crippen LogP contribution in [-0.2, 0) is 6.54 Å². The minimum absolute atomic E-state index is 0.262. The molecule has 0 bridgehead atoms. The van der Waals surface area contributed by atoms with Gasteiger partial charge in [-0.25, -0.2) is 0 Å². The number of nitrogens with one attached hydrogen (secondary N) is 1. The van der Waals surface area contributed by atoms with E-state index in [9.17, 15) is 4.79 Å². The number of fused-ring (bicyclic) bond motifs is 1. The van der Waals surface area contributed by atoms with E-state index in [0.29, 0.717) is 21.2 Å². The summed E-state index contributed by atoms with van der Waals surface area (Å²) in [5, 5.41) is 14.7. The molecule has 7 nitrogen and oxygen atoms in total. The third kappa shape index (κ3) is 2.13. The lowest BCUT2D eigenvalue weighted by molar-refractivity contribution is 0.0952. The van der Waals surface area contributed by atoms with Gasteiger partial charge in [0.1, 0.15) is 9.71 Å². The number of anilines is 1. The van der Waals surface area contributed by atoms with Gasteiger partial charge >= 0.3 is 0 Å². The molecule has 8 heteroatoms. The lowest BCUT2D eigenvalue weighted by atomic mass is 10.3. The summed E-state index contributed by atoms with van der Waals surface area (Å²) in [5.74, 6) is 0.310. The number of rotatable bonds is 3. The molecule has 19 heavy (non-hydrogen) atoms. The van der Waals surface area contributed by atoms with Crippen LogP contribution in [0.5, 0.6) is 0 Å². The van der Waals surface area contributed by atoms with Gasteiger partial charge in [0.2, 0.25) is 0 Å². The Bertz CT molecular complexity index is 722. The van der Waals surface area contributed by atoms with Crippen LogP contribution in [0.2, 0.25) is 0 Å². The average molecular weight is 275 g/mol. The Morgan fingerprint density at radius 2 is 2.32 bits per heavy atom. The summed E-state index contributed by atoms with van der Waals surface area (Å²) in [7, 11) is 0. The standard InChI is InChI=1S/C11H9N5O2S/c12-8-7-2-3-14-16-11(7)19-9(8)10(17)13-5-6-1-4-15-18-6/h1-4H,5,12H2,(H,13,17). The van der Waals surface area contributed by atoms with Crippen molar-refractivity contribution in [1.82, 2.24) is 20.7 Å². The largest absolute Gasteiger partial charge is 0.397 e. The number of carbonyl (C=O) groups is 1. The predicted molar refractivity (Wildman–Crippen MR) is 69.5 cm³/mol. The first-order valence-corrected chi connectivity index (χ1v) is 6.25. The molecule has 0 aliphatic heterocycles. The summed E-state index contributed by atoms with van der Waals surface area (Å²) in [4.78, 5) is 13.1. The minimum atomic E-state index is -0.267. The molecule has 3 rings (SSSR count). The van der Waals surface area contributed by atoms with Gasteiger partial charge in [-0.1, -0.05) is 5.16 Å². The molecule has 0 aromatic carbocycles. The first-order chi connectivity index (χ1) is 9.25. The van der Waals surface area contributed by atoms with Crippen molar-refractivity contribution in [1.29, 1.82) is 0 Å². The molecule has 1 amide bonds. The summed E-state index contributed by atoms with van der Waals surface area (Å²) in [5.41, 5.74) is 6.36. The zero-order chi connectivity index (χ0) is 13.2. The van der Waals surface area contributed by atoms with Crippen LogP contribution < -0.4 is 11.1 Å². The summed E-state index contributed by atoms with van der Waals surface area (Å²) in [6, 6.07) is 3.42. The Kier molecular flexibility index (Phi) is 2.84. The number of hydrogen-bond acceptors (Lipinski definition) is 7. The zero-order valence-corrected chi connectivity index (χ0v) is 10.5. The molecular weight excluding hydrogens is 266 g/mol. The number of thiophene rings is 1. The van der Waals surface area contributed by atoms with E-state index >= 15 is 0 Å². The number of nitrogens with two attached hydrogens (primary N) is 1. The Morgan fingerprint density at radius 1 is 1.42 bits per heavy atom. The third-order valence-corrected chi connectivity index (χ3v) is 3.65. The number of amides is 1. The van der Waals surface area contributed by atoms with Crippen molar-refractivity contribution < 1.29 is 9.32 Å². The van der Waals surface area contributed by atoms with Gasteiger partial charge < -0.3 is 15.6 Å². The molecule has 3 aromatic rings. The van der Waals surface area contributed by atoms with Crippen molar-refractivity contribution in [2.75, 3.05) is 5.73 Å². The first-order valence-electron chi connectivity index (χ1n) is 5.43. The summed E-state index contributed by atoms with van der Waals surface area (Å²) < 4.78 is 4.89. The zero-order valence-electron chi connectivity index (χ0n) is 9.66. The topological polar surface area (TPSA) is 107 Å². The van der Waals surface area contributed by atoms with Gasteiger partial charge in [-0.2, -0.15) is 5.10 Å². The lowest BCUT2D eigenvalue weighted by Gasteiger charge is -2.01. The first kappa shape index (κ1) is 11.6. The van der Waals surface area contributed by atoms with E-state index in [1.54, 1.807) is 18.3 Å². The fourth-order valence-electron chi connectivity index (χ4n) is 1.62. The molecular formula is C11H9N5O2S. The maximum absolute atomic E-state index is 12.0. The average Bonchev–Trinajstić information content (AvgIpc) is 3.05. The van der Waals surface area contributed by atoms with Gasteiger partial charge in [0.15, 0.2) is 5.76 Å². The van der Waals surface area contributed by atoms with Crippen LogP contribution >= 0.6 is 11.3 Å². The van der Waals surface area contributed by atoms with E-state index in [2.05, 4.69) is 20.7 Å². The van der Waals surface area contributed by atoms with Crippen molar-refractivity contribution >= 4 is 33.1 Å². The normalized spacial score (nSPS) is 10.7. The van der Waals surface area contributed by atoms with Crippen LogP contribution in [0, 0.1) is 0 Å². The van der Waals surface area contributed by atoms with E-state index in [0.717, 1.165) is 5.39 Å². The van der Waals surface area contributed by atoms with Gasteiger partial charge in [-0.3, -0.25) is 4.79 Å². The number of carbonyl (C=O) groups excluding carboxylic acids is 1. The highest BCUT2D eigenvalue weighted by Crippen LogP contribution is 2.31. The molecule has 0 aliphatic rings. The SMILES string of the molecule is Nc1c(C(=O)NCc2ccno2)sc2nnccc12. The van der Waals surface area contributed by atoms with Gasteiger partial charge in [0.05, 0.1) is 24.6 Å².